The van der Waals surface area contributed by atoms with Gasteiger partial charge in [0.15, 0.2) is 0 Å². The Labute approximate surface area is 113 Å². The van der Waals surface area contributed by atoms with E-state index in [1.54, 1.807) is 6.07 Å². The van der Waals surface area contributed by atoms with Crippen LogP contribution >= 0.6 is 23.2 Å². The molecule has 0 aliphatic rings. The van der Waals surface area contributed by atoms with E-state index in [-0.39, 0.29) is 12.2 Å². The van der Waals surface area contributed by atoms with Crippen LogP contribution in [0.4, 0.5) is 0 Å². The van der Waals surface area contributed by atoms with Gasteiger partial charge in [0.2, 0.25) is 0 Å². The molecule has 0 bridgehead atoms. The third kappa shape index (κ3) is 5.26. The summed E-state index contributed by atoms with van der Waals surface area (Å²) in [5.41, 5.74) is 0.586. The minimum absolute atomic E-state index is 0.251. The van der Waals surface area contributed by atoms with Gasteiger partial charge < -0.3 is 9.84 Å². The van der Waals surface area contributed by atoms with E-state index in [1.807, 2.05) is 32.9 Å². The Balaban J connectivity index is 2.56. The van der Waals surface area contributed by atoms with Crippen molar-refractivity contribution in [1.82, 2.24) is 0 Å². The van der Waals surface area contributed by atoms with E-state index in [9.17, 15) is 5.11 Å². The van der Waals surface area contributed by atoms with Crippen LogP contribution in [-0.2, 0) is 11.2 Å². The molecule has 1 aromatic rings. The largest absolute Gasteiger partial charge is 0.390 e. The standard InChI is InChI=1S/C13H18Cl2O2/c1-13(2,3)17-8-10(16)7-9-5-4-6-11(14)12(9)15/h4-6,10,16H,7-8H2,1-3H3. The lowest BCUT2D eigenvalue weighted by molar-refractivity contribution is -0.0482. The molecular weight excluding hydrogens is 259 g/mol. The molecule has 0 radical (unpaired) electrons. The Morgan fingerprint density at radius 3 is 2.53 bits per heavy atom. The molecule has 0 fully saturated rings. The maximum Gasteiger partial charge on any atom is 0.0814 e. The maximum absolute atomic E-state index is 9.85. The molecule has 1 rings (SSSR count). The summed E-state index contributed by atoms with van der Waals surface area (Å²) < 4.78 is 5.51. The van der Waals surface area contributed by atoms with E-state index < -0.39 is 6.10 Å². The van der Waals surface area contributed by atoms with Crippen LogP contribution in [0.1, 0.15) is 26.3 Å². The van der Waals surface area contributed by atoms with E-state index in [2.05, 4.69) is 0 Å². The van der Waals surface area contributed by atoms with Crippen LogP contribution in [0.3, 0.4) is 0 Å². The SMILES string of the molecule is CC(C)(C)OCC(O)Cc1cccc(Cl)c1Cl. The van der Waals surface area contributed by atoms with Crippen molar-refractivity contribution in [3.8, 4) is 0 Å². The predicted octanol–water partition coefficient (Wildman–Crippen LogP) is 3.71. The molecule has 96 valence electrons. The first-order chi connectivity index (χ1) is 7.79. The monoisotopic (exact) mass is 276 g/mol. The van der Waals surface area contributed by atoms with E-state index >= 15 is 0 Å². The summed E-state index contributed by atoms with van der Waals surface area (Å²) in [4.78, 5) is 0. The van der Waals surface area contributed by atoms with Gasteiger partial charge in [-0.2, -0.15) is 0 Å². The normalized spacial score (nSPS) is 13.8. The lowest BCUT2D eigenvalue weighted by Gasteiger charge is -2.22. The van der Waals surface area contributed by atoms with E-state index in [0.29, 0.717) is 16.5 Å². The first kappa shape index (κ1) is 14.8. The number of rotatable bonds is 4. The Hall–Kier alpha value is -0.280. The fraction of sp³-hybridized carbons (Fsp3) is 0.538. The van der Waals surface area contributed by atoms with Crippen molar-refractivity contribution in [1.29, 1.82) is 0 Å². The van der Waals surface area contributed by atoms with Crippen LogP contribution in [0, 0.1) is 0 Å². The summed E-state index contributed by atoms with van der Waals surface area (Å²) >= 11 is 11.9. The number of hydrogen-bond donors (Lipinski definition) is 1. The number of hydrogen-bond acceptors (Lipinski definition) is 2. The van der Waals surface area contributed by atoms with Crippen LogP contribution in [-0.4, -0.2) is 23.4 Å². The zero-order chi connectivity index (χ0) is 13.1. The number of aliphatic hydroxyl groups is 1. The first-order valence-corrected chi connectivity index (χ1v) is 6.30. The van der Waals surface area contributed by atoms with Crippen LogP contribution in [0.15, 0.2) is 18.2 Å². The van der Waals surface area contributed by atoms with Crippen molar-refractivity contribution in [3.63, 3.8) is 0 Å². The first-order valence-electron chi connectivity index (χ1n) is 5.54. The predicted molar refractivity (Wildman–Crippen MR) is 71.9 cm³/mol. The van der Waals surface area contributed by atoms with Crippen LogP contribution in [0.2, 0.25) is 10.0 Å². The van der Waals surface area contributed by atoms with Crippen molar-refractivity contribution in [2.45, 2.75) is 38.9 Å². The summed E-state index contributed by atoms with van der Waals surface area (Å²) in [7, 11) is 0. The van der Waals surface area contributed by atoms with Crippen LogP contribution in [0.25, 0.3) is 0 Å². The Morgan fingerprint density at radius 1 is 1.29 bits per heavy atom. The summed E-state index contributed by atoms with van der Waals surface area (Å²) in [5, 5.41) is 10.9. The van der Waals surface area contributed by atoms with Gasteiger partial charge in [-0.25, -0.2) is 0 Å². The van der Waals surface area contributed by atoms with Gasteiger partial charge in [-0.3, -0.25) is 0 Å². The summed E-state index contributed by atoms with van der Waals surface area (Å²) in [5.74, 6) is 0. The van der Waals surface area contributed by atoms with Crippen molar-refractivity contribution in [2.75, 3.05) is 6.61 Å². The molecule has 1 atom stereocenters. The van der Waals surface area contributed by atoms with Crippen LogP contribution in [0.5, 0.6) is 0 Å². The van der Waals surface area contributed by atoms with Gasteiger partial charge in [-0.1, -0.05) is 35.3 Å². The van der Waals surface area contributed by atoms with Crippen molar-refractivity contribution in [2.24, 2.45) is 0 Å². The molecule has 17 heavy (non-hydrogen) atoms. The quantitative estimate of drug-likeness (QED) is 0.909. The second-order valence-corrected chi connectivity index (χ2v) is 5.78. The molecule has 1 N–H and O–H groups in total. The zero-order valence-electron chi connectivity index (χ0n) is 10.3. The van der Waals surface area contributed by atoms with Gasteiger partial charge in [0.25, 0.3) is 0 Å². The number of ether oxygens (including phenoxy) is 1. The highest BCUT2D eigenvalue weighted by Crippen LogP contribution is 2.26. The Morgan fingerprint density at radius 2 is 1.94 bits per heavy atom. The molecule has 0 saturated carbocycles. The van der Waals surface area contributed by atoms with Gasteiger partial charge in [0, 0.05) is 6.42 Å². The van der Waals surface area contributed by atoms with Gasteiger partial charge in [0.05, 0.1) is 28.4 Å². The van der Waals surface area contributed by atoms with Crippen LogP contribution < -0.4 is 0 Å². The van der Waals surface area contributed by atoms with Gasteiger partial charge in [-0.15, -0.1) is 0 Å². The molecule has 4 heteroatoms. The average molecular weight is 277 g/mol. The van der Waals surface area contributed by atoms with Crippen molar-refractivity contribution in [3.05, 3.63) is 33.8 Å². The zero-order valence-corrected chi connectivity index (χ0v) is 11.8. The molecular formula is C13H18Cl2O2. The van der Waals surface area contributed by atoms with E-state index in [1.165, 1.54) is 0 Å². The van der Waals surface area contributed by atoms with Gasteiger partial charge >= 0.3 is 0 Å². The number of aliphatic hydroxyl groups excluding tert-OH is 1. The summed E-state index contributed by atoms with van der Waals surface area (Å²) in [6.45, 7) is 6.14. The third-order valence-electron chi connectivity index (χ3n) is 2.20. The van der Waals surface area contributed by atoms with Gasteiger partial charge in [0.1, 0.15) is 0 Å². The average Bonchev–Trinajstić information content (AvgIpc) is 2.21. The third-order valence-corrected chi connectivity index (χ3v) is 3.05. The minimum atomic E-state index is -0.579. The molecule has 0 amide bonds. The van der Waals surface area contributed by atoms with Crippen molar-refractivity contribution < 1.29 is 9.84 Å². The second kappa shape index (κ2) is 6.05. The van der Waals surface area contributed by atoms with Gasteiger partial charge in [-0.05, 0) is 32.4 Å². The molecule has 0 spiro atoms. The summed E-state index contributed by atoms with van der Waals surface area (Å²) in [6.07, 6.45) is -0.139. The molecule has 0 saturated heterocycles. The molecule has 2 nitrogen and oxygen atoms in total. The maximum atomic E-state index is 9.85. The molecule has 1 aromatic carbocycles. The lowest BCUT2D eigenvalue weighted by atomic mass is 10.1. The minimum Gasteiger partial charge on any atom is -0.390 e. The summed E-state index contributed by atoms with van der Waals surface area (Å²) in [6, 6.07) is 5.40. The molecule has 0 aromatic heterocycles. The highest BCUT2D eigenvalue weighted by molar-refractivity contribution is 6.42. The lowest BCUT2D eigenvalue weighted by Crippen LogP contribution is -2.27. The van der Waals surface area contributed by atoms with E-state index in [4.69, 9.17) is 27.9 Å². The Kier molecular flexibility index (Phi) is 5.26. The highest BCUT2D eigenvalue weighted by atomic mass is 35.5. The van der Waals surface area contributed by atoms with E-state index in [0.717, 1.165) is 5.56 Å². The fourth-order valence-corrected chi connectivity index (χ4v) is 1.76. The molecule has 0 aliphatic carbocycles. The Bertz CT molecular complexity index is 372. The smallest absolute Gasteiger partial charge is 0.0814 e. The molecule has 1 unspecified atom stereocenters. The fourth-order valence-electron chi connectivity index (χ4n) is 1.37. The number of benzene rings is 1. The van der Waals surface area contributed by atoms with Crippen molar-refractivity contribution >= 4 is 23.2 Å². The number of halogens is 2. The highest BCUT2D eigenvalue weighted by Gasteiger charge is 2.15. The molecule has 0 heterocycles. The molecule has 0 aliphatic heterocycles. The second-order valence-electron chi connectivity index (χ2n) is 4.99. The topological polar surface area (TPSA) is 29.5 Å².